The SMILES string of the molecule is Cc1ccc(C)c(CC(=O)Nc2ccc(O)cc2Cl)c1. The molecule has 4 heteroatoms. The molecule has 0 fully saturated rings. The lowest BCUT2D eigenvalue weighted by Crippen LogP contribution is -2.15. The highest BCUT2D eigenvalue weighted by Crippen LogP contribution is 2.26. The van der Waals surface area contributed by atoms with Gasteiger partial charge in [0.05, 0.1) is 17.1 Å². The topological polar surface area (TPSA) is 49.3 Å². The van der Waals surface area contributed by atoms with Crippen LogP contribution in [0.2, 0.25) is 5.02 Å². The van der Waals surface area contributed by atoms with E-state index in [-0.39, 0.29) is 11.7 Å². The van der Waals surface area contributed by atoms with Crippen molar-refractivity contribution in [1.82, 2.24) is 0 Å². The first-order valence-corrected chi connectivity index (χ1v) is 6.68. The minimum atomic E-state index is -0.133. The maximum Gasteiger partial charge on any atom is 0.228 e. The zero-order valence-electron chi connectivity index (χ0n) is 11.4. The van der Waals surface area contributed by atoms with Crippen molar-refractivity contribution >= 4 is 23.2 Å². The van der Waals surface area contributed by atoms with Crippen molar-refractivity contribution in [2.75, 3.05) is 5.32 Å². The molecule has 1 amide bonds. The predicted octanol–water partition coefficient (Wildman–Crippen LogP) is 3.84. The highest BCUT2D eigenvalue weighted by molar-refractivity contribution is 6.33. The van der Waals surface area contributed by atoms with E-state index < -0.39 is 0 Å². The molecule has 2 N–H and O–H groups in total. The number of amides is 1. The van der Waals surface area contributed by atoms with Crippen LogP contribution in [0.15, 0.2) is 36.4 Å². The summed E-state index contributed by atoms with van der Waals surface area (Å²) < 4.78 is 0. The van der Waals surface area contributed by atoms with Crippen LogP contribution in [-0.2, 0) is 11.2 Å². The molecule has 20 heavy (non-hydrogen) atoms. The molecule has 2 aromatic rings. The van der Waals surface area contributed by atoms with E-state index >= 15 is 0 Å². The lowest BCUT2D eigenvalue weighted by atomic mass is 10.0. The molecule has 0 unspecified atom stereocenters. The molecule has 0 radical (unpaired) electrons. The Kier molecular flexibility index (Phi) is 4.30. The number of rotatable bonds is 3. The van der Waals surface area contributed by atoms with Gasteiger partial charge in [0.15, 0.2) is 0 Å². The van der Waals surface area contributed by atoms with Gasteiger partial charge in [0.25, 0.3) is 0 Å². The normalized spacial score (nSPS) is 10.3. The highest BCUT2D eigenvalue weighted by Gasteiger charge is 2.09. The molecule has 2 aromatic carbocycles. The van der Waals surface area contributed by atoms with Crippen LogP contribution < -0.4 is 5.32 Å². The molecule has 0 aliphatic carbocycles. The number of hydrogen-bond acceptors (Lipinski definition) is 2. The van der Waals surface area contributed by atoms with Gasteiger partial charge in [-0.3, -0.25) is 4.79 Å². The highest BCUT2D eigenvalue weighted by atomic mass is 35.5. The molecule has 0 saturated carbocycles. The van der Waals surface area contributed by atoms with Gasteiger partial charge in [-0.1, -0.05) is 35.4 Å². The number of benzene rings is 2. The molecular formula is C16H16ClNO2. The quantitative estimate of drug-likeness (QED) is 0.843. The van der Waals surface area contributed by atoms with Crippen LogP contribution in [-0.4, -0.2) is 11.0 Å². The monoisotopic (exact) mass is 289 g/mol. The summed E-state index contributed by atoms with van der Waals surface area (Å²) in [6.45, 7) is 3.98. The van der Waals surface area contributed by atoms with E-state index in [2.05, 4.69) is 5.32 Å². The lowest BCUT2D eigenvalue weighted by Gasteiger charge is -2.09. The first kappa shape index (κ1) is 14.4. The summed E-state index contributed by atoms with van der Waals surface area (Å²) in [5.41, 5.74) is 3.71. The van der Waals surface area contributed by atoms with Gasteiger partial charge >= 0.3 is 0 Å². The van der Waals surface area contributed by atoms with E-state index in [1.165, 1.54) is 12.1 Å². The zero-order valence-corrected chi connectivity index (χ0v) is 12.2. The number of carbonyl (C=O) groups is 1. The molecule has 0 aliphatic rings. The third kappa shape index (κ3) is 3.52. The fraction of sp³-hybridized carbons (Fsp3) is 0.188. The number of hydrogen-bond donors (Lipinski definition) is 2. The largest absolute Gasteiger partial charge is 0.508 e. The molecule has 0 aliphatic heterocycles. The minimum Gasteiger partial charge on any atom is -0.508 e. The number of aryl methyl sites for hydroxylation is 2. The van der Waals surface area contributed by atoms with Gasteiger partial charge in [0.2, 0.25) is 5.91 Å². The van der Waals surface area contributed by atoms with Gasteiger partial charge in [0.1, 0.15) is 5.75 Å². The summed E-state index contributed by atoms with van der Waals surface area (Å²) in [5, 5.41) is 12.3. The Morgan fingerprint density at radius 1 is 1.20 bits per heavy atom. The van der Waals surface area contributed by atoms with Gasteiger partial charge in [-0.15, -0.1) is 0 Å². The number of nitrogens with one attached hydrogen (secondary N) is 1. The Morgan fingerprint density at radius 3 is 2.65 bits per heavy atom. The van der Waals surface area contributed by atoms with Crippen LogP contribution >= 0.6 is 11.6 Å². The van der Waals surface area contributed by atoms with E-state index in [9.17, 15) is 9.90 Å². The van der Waals surface area contributed by atoms with Crippen LogP contribution in [0.25, 0.3) is 0 Å². The molecule has 0 atom stereocenters. The van der Waals surface area contributed by atoms with Gasteiger partial charge in [-0.25, -0.2) is 0 Å². The third-order valence-corrected chi connectivity index (χ3v) is 3.40. The van der Waals surface area contributed by atoms with Crippen molar-refractivity contribution < 1.29 is 9.90 Å². The Balaban J connectivity index is 2.11. The molecule has 0 saturated heterocycles. The first-order valence-electron chi connectivity index (χ1n) is 6.30. The van der Waals surface area contributed by atoms with Gasteiger partial charge in [-0.2, -0.15) is 0 Å². The Hall–Kier alpha value is -2.00. The molecule has 0 spiro atoms. The third-order valence-electron chi connectivity index (χ3n) is 3.08. The maximum atomic E-state index is 12.1. The molecule has 0 bridgehead atoms. The van der Waals surface area contributed by atoms with Crippen molar-refractivity contribution in [2.45, 2.75) is 20.3 Å². The number of aromatic hydroxyl groups is 1. The molecule has 0 aromatic heterocycles. The maximum absolute atomic E-state index is 12.1. The van der Waals surface area contributed by atoms with Crippen molar-refractivity contribution in [3.05, 3.63) is 58.1 Å². The van der Waals surface area contributed by atoms with Gasteiger partial charge in [-0.05, 0) is 37.1 Å². The fourth-order valence-electron chi connectivity index (χ4n) is 1.96. The standard InChI is InChI=1S/C16H16ClNO2/c1-10-3-4-11(2)12(7-10)8-16(20)18-15-6-5-13(19)9-14(15)17/h3-7,9,19H,8H2,1-2H3,(H,18,20). The summed E-state index contributed by atoms with van der Waals surface area (Å²) in [5.74, 6) is -0.0613. The smallest absolute Gasteiger partial charge is 0.228 e. The summed E-state index contributed by atoms with van der Waals surface area (Å²) in [6, 6.07) is 10.5. The van der Waals surface area contributed by atoms with Crippen LogP contribution in [0.4, 0.5) is 5.69 Å². The molecule has 2 rings (SSSR count). The van der Waals surface area contributed by atoms with Crippen LogP contribution in [0, 0.1) is 13.8 Å². The van der Waals surface area contributed by atoms with Crippen molar-refractivity contribution in [3.8, 4) is 5.75 Å². The van der Waals surface area contributed by atoms with E-state index in [4.69, 9.17) is 11.6 Å². The number of halogens is 1. The van der Waals surface area contributed by atoms with Gasteiger partial charge in [0, 0.05) is 6.07 Å². The summed E-state index contributed by atoms with van der Waals surface area (Å²) >= 11 is 5.96. The van der Waals surface area contributed by atoms with Crippen molar-refractivity contribution in [3.63, 3.8) is 0 Å². The average molecular weight is 290 g/mol. The molecule has 0 heterocycles. The zero-order chi connectivity index (χ0) is 14.7. The number of anilines is 1. The van der Waals surface area contributed by atoms with E-state index in [1.807, 2.05) is 32.0 Å². The number of phenolic OH excluding ortho intramolecular Hbond substituents is 1. The second kappa shape index (κ2) is 5.97. The fourth-order valence-corrected chi connectivity index (χ4v) is 2.19. The Bertz CT molecular complexity index is 653. The van der Waals surface area contributed by atoms with Crippen molar-refractivity contribution in [1.29, 1.82) is 0 Å². The minimum absolute atomic E-state index is 0.0718. The molecular weight excluding hydrogens is 274 g/mol. The van der Waals surface area contributed by atoms with Crippen LogP contribution in [0.1, 0.15) is 16.7 Å². The Labute approximate surface area is 123 Å². The summed E-state index contributed by atoms with van der Waals surface area (Å²) in [7, 11) is 0. The number of phenols is 1. The van der Waals surface area contributed by atoms with Crippen molar-refractivity contribution in [2.24, 2.45) is 0 Å². The molecule has 104 valence electrons. The van der Waals surface area contributed by atoms with E-state index in [0.29, 0.717) is 17.1 Å². The Morgan fingerprint density at radius 2 is 1.95 bits per heavy atom. The first-order chi connectivity index (χ1) is 9.45. The van der Waals surface area contributed by atoms with Crippen LogP contribution in [0.5, 0.6) is 5.75 Å². The average Bonchev–Trinajstić information content (AvgIpc) is 2.37. The second-order valence-corrected chi connectivity index (χ2v) is 5.23. The predicted molar refractivity (Wildman–Crippen MR) is 81.4 cm³/mol. The summed E-state index contributed by atoms with van der Waals surface area (Å²) in [4.78, 5) is 12.1. The molecule has 3 nitrogen and oxygen atoms in total. The van der Waals surface area contributed by atoms with Gasteiger partial charge < -0.3 is 10.4 Å². The summed E-state index contributed by atoms with van der Waals surface area (Å²) in [6.07, 6.45) is 0.296. The number of carbonyl (C=O) groups excluding carboxylic acids is 1. The lowest BCUT2D eigenvalue weighted by molar-refractivity contribution is -0.115. The second-order valence-electron chi connectivity index (χ2n) is 4.82. The van der Waals surface area contributed by atoms with E-state index in [1.54, 1.807) is 6.07 Å². The van der Waals surface area contributed by atoms with Crippen LogP contribution in [0.3, 0.4) is 0 Å². The van der Waals surface area contributed by atoms with E-state index in [0.717, 1.165) is 16.7 Å².